The smallest absolute Gasteiger partial charge is 0.272 e. The molecule has 10 heteroatoms. The van der Waals surface area contributed by atoms with Crippen LogP contribution in [0.4, 0.5) is 5.69 Å². The Bertz CT molecular complexity index is 1080. The maximum atomic E-state index is 12.6. The molecule has 7 nitrogen and oxygen atoms in total. The Morgan fingerprint density at radius 3 is 2.56 bits per heavy atom. The maximum Gasteiger partial charge on any atom is 0.272 e. The standard InChI is InChI=1S/C15H12Cl2N4O3S/c1-18-15(22)14-10-7-9(3-5-13(10)19-20-14)25(23,24)21-8-2-4-11(16)12(17)6-8/h2-7,21H,1H3,(H,18,22)(H,19,20). The third kappa shape index (κ3) is 3.41. The molecule has 0 atom stereocenters. The molecule has 0 bridgehead atoms. The second-order valence-corrected chi connectivity index (χ2v) is 7.59. The molecule has 1 heterocycles. The number of hydrogen-bond acceptors (Lipinski definition) is 4. The maximum absolute atomic E-state index is 12.6. The van der Waals surface area contributed by atoms with Gasteiger partial charge in [-0.05, 0) is 36.4 Å². The number of carbonyl (C=O) groups excluding carboxylic acids is 1. The van der Waals surface area contributed by atoms with Crippen LogP contribution in [0.1, 0.15) is 10.5 Å². The fourth-order valence-electron chi connectivity index (χ4n) is 2.23. The number of fused-ring (bicyclic) bond motifs is 1. The van der Waals surface area contributed by atoms with Gasteiger partial charge in [0.15, 0.2) is 5.69 Å². The van der Waals surface area contributed by atoms with Crippen LogP contribution in [0.5, 0.6) is 0 Å². The lowest BCUT2D eigenvalue weighted by Gasteiger charge is -2.09. The average molecular weight is 399 g/mol. The van der Waals surface area contributed by atoms with Gasteiger partial charge in [-0.15, -0.1) is 0 Å². The van der Waals surface area contributed by atoms with Gasteiger partial charge in [0.2, 0.25) is 0 Å². The third-order valence-corrected chi connectivity index (χ3v) is 5.58. The van der Waals surface area contributed by atoms with Crippen LogP contribution >= 0.6 is 23.2 Å². The van der Waals surface area contributed by atoms with Crippen molar-refractivity contribution in [3.05, 3.63) is 52.1 Å². The SMILES string of the molecule is CNC(=O)c1n[nH]c2ccc(S(=O)(=O)Nc3ccc(Cl)c(Cl)c3)cc12. The van der Waals surface area contributed by atoms with Gasteiger partial charge >= 0.3 is 0 Å². The summed E-state index contributed by atoms with van der Waals surface area (Å²) in [6.07, 6.45) is 0. The summed E-state index contributed by atoms with van der Waals surface area (Å²) in [5, 5.41) is 10.0. The Labute approximate surface area is 153 Å². The van der Waals surface area contributed by atoms with E-state index in [0.29, 0.717) is 15.9 Å². The predicted octanol–water partition coefficient (Wildman–Crippen LogP) is 3.03. The first-order valence-corrected chi connectivity index (χ1v) is 9.24. The number of carbonyl (C=O) groups is 1. The monoisotopic (exact) mass is 398 g/mol. The van der Waals surface area contributed by atoms with Gasteiger partial charge in [-0.25, -0.2) is 8.42 Å². The fraction of sp³-hybridized carbons (Fsp3) is 0.0667. The molecule has 130 valence electrons. The number of aromatic amines is 1. The van der Waals surface area contributed by atoms with Crippen LogP contribution < -0.4 is 10.0 Å². The van der Waals surface area contributed by atoms with Gasteiger partial charge in [-0.1, -0.05) is 23.2 Å². The molecule has 0 spiro atoms. The van der Waals surface area contributed by atoms with Crippen LogP contribution in [0.15, 0.2) is 41.3 Å². The lowest BCUT2D eigenvalue weighted by molar-refractivity contribution is 0.0959. The molecule has 1 amide bonds. The van der Waals surface area contributed by atoms with E-state index in [0.717, 1.165) is 0 Å². The van der Waals surface area contributed by atoms with Crippen molar-refractivity contribution < 1.29 is 13.2 Å². The summed E-state index contributed by atoms with van der Waals surface area (Å²) in [6.45, 7) is 0. The summed E-state index contributed by atoms with van der Waals surface area (Å²) < 4.78 is 27.6. The van der Waals surface area contributed by atoms with E-state index in [1.54, 1.807) is 0 Å². The Balaban J connectivity index is 2.01. The second-order valence-electron chi connectivity index (χ2n) is 5.09. The summed E-state index contributed by atoms with van der Waals surface area (Å²) in [7, 11) is -2.42. The Hall–Kier alpha value is -2.29. The number of amides is 1. The van der Waals surface area contributed by atoms with E-state index in [1.807, 2.05) is 0 Å². The third-order valence-electron chi connectivity index (χ3n) is 3.46. The van der Waals surface area contributed by atoms with Crippen molar-refractivity contribution in [1.29, 1.82) is 0 Å². The largest absolute Gasteiger partial charge is 0.354 e. The molecule has 2 aromatic carbocycles. The number of benzene rings is 2. The number of hydrogen-bond donors (Lipinski definition) is 3. The molecule has 25 heavy (non-hydrogen) atoms. The van der Waals surface area contributed by atoms with Crippen LogP contribution in [0.2, 0.25) is 10.0 Å². The lowest BCUT2D eigenvalue weighted by atomic mass is 10.2. The zero-order valence-electron chi connectivity index (χ0n) is 12.8. The second kappa shape index (κ2) is 6.55. The molecular formula is C15H12Cl2N4O3S. The van der Waals surface area contributed by atoms with E-state index in [4.69, 9.17) is 23.2 Å². The van der Waals surface area contributed by atoms with Crippen molar-refractivity contribution >= 4 is 55.7 Å². The number of halogens is 2. The van der Waals surface area contributed by atoms with Crippen LogP contribution in [0.25, 0.3) is 10.9 Å². The van der Waals surface area contributed by atoms with Crippen molar-refractivity contribution in [2.75, 3.05) is 11.8 Å². The van der Waals surface area contributed by atoms with Gasteiger partial charge in [0.1, 0.15) is 0 Å². The summed E-state index contributed by atoms with van der Waals surface area (Å²) in [5.41, 5.74) is 0.935. The summed E-state index contributed by atoms with van der Waals surface area (Å²) >= 11 is 11.7. The number of rotatable bonds is 4. The van der Waals surface area contributed by atoms with E-state index < -0.39 is 15.9 Å². The highest BCUT2D eigenvalue weighted by Gasteiger charge is 2.19. The van der Waals surface area contributed by atoms with Crippen LogP contribution in [0, 0.1) is 0 Å². The summed E-state index contributed by atoms with van der Waals surface area (Å²) in [5.74, 6) is -0.418. The first kappa shape index (κ1) is 17.5. The number of H-pyrrole nitrogens is 1. The zero-order valence-corrected chi connectivity index (χ0v) is 15.1. The number of sulfonamides is 1. The summed E-state index contributed by atoms with van der Waals surface area (Å²) in [6, 6.07) is 8.73. The molecule has 0 fully saturated rings. The van der Waals surface area contributed by atoms with E-state index in [1.165, 1.54) is 43.4 Å². The van der Waals surface area contributed by atoms with Crippen LogP contribution in [0.3, 0.4) is 0 Å². The molecule has 0 aliphatic carbocycles. The minimum Gasteiger partial charge on any atom is -0.354 e. The number of anilines is 1. The number of nitrogens with zero attached hydrogens (tertiary/aromatic N) is 1. The van der Waals surface area contributed by atoms with Crippen LogP contribution in [-0.4, -0.2) is 31.6 Å². The van der Waals surface area contributed by atoms with Crippen molar-refractivity contribution in [2.24, 2.45) is 0 Å². The van der Waals surface area contributed by atoms with E-state index >= 15 is 0 Å². The molecule has 3 N–H and O–H groups in total. The van der Waals surface area contributed by atoms with Gasteiger partial charge < -0.3 is 5.32 Å². The van der Waals surface area contributed by atoms with Crippen molar-refractivity contribution in [3.8, 4) is 0 Å². The fourth-order valence-corrected chi connectivity index (χ4v) is 3.60. The van der Waals surface area contributed by atoms with Crippen molar-refractivity contribution in [1.82, 2.24) is 15.5 Å². The van der Waals surface area contributed by atoms with Gasteiger partial charge in [0.05, 0.1) is 26.1 Å². The van der Waals surface area contributed by atoms with Gasteiger partial charge in [0, 0.05) is 12.4 Å². The first-order chi connectivity index (χ1) is 11.8. The van der Waals surface area contributed by atoms with E-state index in [9.17, 15) is 13.2 Å². The molecule has 3 aromatic rings. The highest BCUT2D eigenvalue weighted by molar-refractivity contribution is 7.92. The molecular weight excluding hydrogens is 387 g/mol. The normalized spacial score (nSPS) is 11.5. The molecule has 1 aromatic heterocycles. The predicted molar refractivity (Wildman–Crippen MR) is 96.8 cm³/mol. The molecule has 0 saturated carbocycles. The summed E-state index contributed by atoms with van der Waals surface area (Å²) in [4.78, 5) is 11.8. The first-order valence-electron chi connectivity index (χ1n) is 7.00. The molecule has 0 unspecified atom stereocenters. The molecule has 0 aliphatic rings. The Kier molecular flexibility index (Phi) is 4.59. The molecule has 3 rings (SSSR count). The highest BCUT2D eigenvalue weighted by Crippen LogP contribution is 2.27. The topological polar surface area (TPSA) is 104 Å². The van der Waals surface area contributed by atoms with Gasteiger partial charge in [-0.3, -0.25) is 14.6 Å². The van der Waals surface area contributed by atoms with Crippen molar-refractivity contribution in [2.45, 2.75) is 4.90 Å². The van der Waals surface area contributed by atoms with E-state index in [-0.39, 0.29) is 21.3 Å². The number of nitrogens with one attached hydrogen (secondary N) is 3. The van der Waals surface area contributed by atoms with Gasteiger partial charge in [0.25, 0.3) is 15.9 Å². The zero-order chi connectivity index (χ0) is 18.2. The van der Waals surface area contributed by atoms with Crippen LogP contribution in [-0.2, 0) is 10.0 Å². The Morgan fingerprint density at radius 1 is 1.12 bits per heavy atom. The molecule has 0 radical (unpaired) electrons. The highest BCUT2D eigenvalue weighted by atomic mass is 35.5. The molecule has 0 saturated heterocycles. The average Bonchev–Trinajstić information content (AvgIpc) is 3.00. The molecule has 0 aliphatic heterocycles. The van der Waals surface area contributed by atoms with Crippen molar-refractivity contribution in [3.63, 3.8) is 0 Å². The minimum atomic E-state index is -3.89. The van der Waals surface area contributed by atoms with E-state index in [2.05, 4.69) is 20.2 Å². The van der Waals surface area contributed by atoms with Gasteiger partial charge in [-0.2, -0.15) is 5.10 Å². The Morgan fingerprint density at radius 2 is 1.88 bits per heavy atom. The lowest BCUT2D eigenvalue weighted by Crippen LogP contribution is -2.18. The number of aromatic nitrogens is 2. The minimum absolute atomic E-state index is 0.0161. The quantitative estimate of drug-likeness (QED) is 0.627.